The van der Waals surface area contributed by atoms with Crippen LogP contribution in [0.15, 0.2) is 0 Å². The summed E-state index contributed by atoms with van der Waals surface area (Å²) in [7, 11) is -4.48. The Morgan fingerprint density at radius 1 is 0.905 bits per heavy atom. The zero-order valence-electron chi connectivity index (χ0n) is 13.1. The molecule has 0 spiro atoms. The zero-order chi connectivity index (χ0) is 15.7. The van der Waals surface area contributed by atoms with E-state index in [0.717, 1.165) is 12.8 Å². The van der Waals surface area contributed by atoms with Gasteiger partial charge in [0.1, 0.15) is 0 Å². The van der Waals surface area contributed by atoms with Crippen LogP contribution in [0.25, 0.3) is 0 Å². The van der Waals surface area contributed by atoms with Gasteiger partial charge >= 0.3 is 29.6 Å². The molecule has 21 heavy (non-hydrogen) atoms. The van der Waals surface area contributed by atoms with Crippen molar-refractivity contribution in [2.75, 3.05) is 6.61 Å². The zero-order valence-corrected chi connectivity index (χ0v) is 17.6. The maximum absolute atomic E-state index is 10.1. The van der Waals surface area contributed by atoms with Gasteiger partial charge in [-0.2, -0.15) is 0 Å². The Morgan fingerprint density at radius 3 is 1.57 bits per heavy atom. The molecule has 0 aliphatic rings. The van der Waals surface area contributed by atoms with E-state index in [2.05, 4.69) is 35.5 Å². The molecule has 0 aliphatic heterocycles. The van der Waals surface area contributed by atoms with E-state index in [1.165, 1.54) is 44.9 Å². The Labute approximate surface area is 162 Å². The monoisotopic (exact) mass is 364 g/mol. The van der Waals surface area contributed by atoms with E-state index in [-0.39, 0.29) is 36.2 Å². The van der Waals surface area contributed by atoms with Gasteiger partial charge in [-0.15, -0.1) is 0 Å². The molecule has 0 rings (SSSR count). The van der Waals surface area contributed by atoms with Gasteiger partial charge in [0.05, 0.1) is 6.61 Å². The van der Waals surface area contributed by atoms with Crippen LogP contribution >= 0.6 is 24.4 Å². The molecule has 0 unspecified atom stereocenters. The fourth-order valence-electron chi connectivity index (χ4n) is 1.75. The quantitative estimate of drug-likeness (QED) is 0.171. The Morgan fingerprint density at radius 2 is 1.24 bits per heavy atom. The molecule has 0 radical (unpaired) electrons. The third-order valence-electron chi connectivity index (χ3n) is 2.73. The van der Waals surface area contributed by atoms with Gasteiger partial charge in [-0.1, -0.05) is 64.7 Å². The van der Waals surface area contributed by atoms with Crippen LogP contribution < -0.4 is 29.6 Å². The molecule has 0 bridgehead atoms. The molecule has 0 saturated carbocycles. The Hall–Kier alpha value is 1.09. The van der Waals surface area contributed by atoms with Crippen LogP contribution in [0.5, 0.6) is 0 Å². The predicted molar refractivity (Wildman–Crippen MR) is 87.7 cm³/mol. The summed E-state index contributed by atoms with van der Waals surface area (Å²) in [6, 6.07) is 0. The molecule has 0 heterocycles. The Bertz CT molecular complexity index is 328. The third-order valence-corrected chi connectivity index (χ3v) is 3.18. The molecule has 0 aromatic carbocycles. The maximum Gasteiger partial charge on any atom is 1.00 e. The predicted octanol–water partition coefficient (Wildman–Crippen LogP) is 1.41. The van der Waals surface area contributed by atoms with Crippen LogP contribution in [0.4, 0.5) is 0 Å². The second-order valence-corrected chi connectivity index (χ2v) is 6.21. The van der Waals surface area contributed by atoms with Crippen LogP contribution in [-0.4, -0.2) is 23.9 Å². The van der Waals surface area contributed by atoms with Gasteiger partial charge in [-0.3, -0.25) is 4.18 Å². The Balaban J connectivity index is -0.000000740. The number of hydrogen-bond acceptors (Lipinski definition) is 6. The molecular formula is C13H25NaO4S3. The number of rotatable bonds is 12. The number of hydrogen-bond donors (Lipinski definition) is 0. The molecule has 8 heteroatoms. The van der Waals surface area contributed by atoms with Gasteiger partial charge in [0.2, 0.25) is 10.4 Å². The van der Waals surface area contributed by atoms with Crippen molar-refractivity contribution in [2.24, 2.45) is 0 Å². The van der Waals surface area contributed by atoms with E-state index >= 15 is 0 Å². The smallest absolute Gasteiger partial charge is 0.726 e. The summed E-state index contributed by atoms with van der Waals surface area (Å²) in [4.78, 5) is 0. The molecule has 0 atom stereocenters. The minimum Gasteiger partial charge on any atom is -0.726 e. The van der Waals surface area contributed by atoms with Gasteiger partial charge in [0.25, 0.3) is 0 Å². The first-order valence-corrected chi connectivity index (χ1v) is 9.22. The van der Waals surface area contributed by atoms with Gasteiger partial charge in [-0.25, -0.2) is 8.42 Å². The Kier molecular flexibility index (Phi) is 27.1. The number of thiocarbonyl (C=S) groups is 2. The standard InChI is InChI=1S/C12H26O4S.CS2.Na/c1-2-3-4-5-6-7-8-9-10-11-12-16-17(13,14)15;2-1-3;/h2-12H2,1H3,(H,13,14,15);;/q;;+1/p-1. The average molecular weight is 365 g/mol. The maximum atomic E-state index is 10.1. The topological polar surface area (TPSA) is 66.4 Å². The van der Waals surface area contributed by atoms with Crippen LogP contribution in [0.2, 0.25) is 0 Å². The van der Waals surface area contributed by atoms with Gasteiger partial charge < -0.3 is 4.55 Å². The molecule has 0 aromatic rings. The van der Waals surface area contributed by atoms with Crippen molar-refractivity contribution in [1.82, 2.24) is 0 Å². The molecule has 0 aromatic heterocycles. The van der Waals surface area contributed by atoms with Crippen molar-refractivity contribution < 1.29 is 46.7 Å². The fourth-order valence-corrected chi connectivity index (χ4v) is 2.07. The summed E-state index contributed by atoms with van der Waals surface area (Å²) in [5.41, 5.74) is 0. The van der Waals surface area contributed by atoms with Gasteiger partial charge in [-0.05, 0) is 30.9 Å². The second-order valence-electron chi connectivity index (χ2n) is 4.50. The normalized spacial score (nSPS) is 10.0. The van der Waals surface area contributed by atoms with E-state index in [1.807, 2.05) is 4.31 Å². The molecule has 0 amide bonds. The average Bonchev–Trinajstić information content (AvgIpc) is 2.35. The SMILES string of the molecule is CCCCCCCCCCCCOS(=O)(=O)[O-].S=C=S.[Na+]. The first kappa shape index (κ1) is 27.0. The van der Waals surface area contributed by atoms with Crippen molar-refractivity contribution in [3.05, 3.63) is 0 Å². The van der Waals surface area contributed by atoms with Crippen molar-refractivity contribution in [3.63, 3.8) is 0 Å². The van der Waals surface area contributed by atoms with E-state index in [1.54, 1.807) is 0 Å². The van der Waals surface area contributed by atoms with Crippen molar-refractivity contribution in [1.29, 1.82) is 0 Å². The molecule has 0 N–H and O–H groups in total. The first-order chi connectivity index (χ1) is 9.47. The fraction of sp³-hybridized carbons (Fsp3) is 0.923. The van der Waals surface area contributed by atoms with Crippen molar-refractivity contribution >= 4 is 39.1 Å². The van der Waals surface area contributed by atoms with E-state index in [9.17, 15) is 13.0 Å². The molecular weight excluding hydrogens is 339 g/mol. The molecule has 0 saturated heterocycles. The van der Waals surface area contributed by atoms with Crippen LogP contribution in [0, 0.1) is 0 Å². The van der Waals surface area contributed by atoms with Crippen LogP contribution in [0.1, 0.15) is 71.1 Å². The minimum absolute atomic E-state index is 0. The van der Waals surface area contributed by atoms with E-state index < -0.39 is 10.4 Å². The largest absolute Gasteiger partial charge is 1.00 e. The summed E-state index contributed by atoms with van der Waals surface area (Å²) < 4.78 is 36.4. The summed E-state index contributed by atoms with van der Waals surface area (Å²) >= 11 is 7.92. The van der Waals surface area contributed by atoms with Crippen LogP contribution in [0.3, 0.4) is 0 Å². The van der Waals surface area contributed by atoms with E-state index in [0.29, 0.717) is 6.42 Å². The summed E-state index contributed by atoms with van der Waals surface area (Å²) in [6.07, 6.45) is 11.7. The summed E-state index contributed by atoms with van der Waals surface area (Å²) in [6.45, 7) is 2.24. The molecule has 0 fully saturated rings. The molecule has 4 nitrogen and oxygen atoms in total. The van der Waals surface area contributed by atoms with E-state index in [4.69, 9.17) is 0 Å². The summed E-state index contributed by atoms with van der Waals surface area (Å²) in [5.74, 6) is 0. The summed E-state index contributed by atoms with van der Waals surface area (Å²) in [5, 5.41) is 0. The molecule has 0 aliphatic carbocycles. The van der Waals surface area contributed by atoms with Gasteiger partial charge in [0, 0.05) is 4.31 Å². The van der Waals surface area contributed by atoms with Gasteiger partial charge in [0.15, 0.2) is 0 Å². The van der Waals surface area contributed by atoms with Crippen LogP contribution in [-0.2, 0) is 14.6 Å². The van der Waals surface area contributed by atoms with Crippen molar-refractivity contribution in [2.45, 2.75) is 71.1 Å². The number of unbranched alkanes of at least 4 members (excludes halogenated alkanes) is 9. The van der Waals surface area contributed by atoms with Crippen molar-refractivity contribution in [3.8, 4) is 0 Å². The molecule has 120 valence electrons. The second kappa shape index (κ2) is 21.1. The first-order valence-electron chi connectivity index (χ1n) is 7.07. The minimum atomic E-state index is -4.48. The third kappa shape index (κ3) is 33.8.